The molecule has 0 aromatic carbocycles. The second-order valence-electron chi connectivity index (χ2n) is 1.21. The minimum Gasteiger partial charge on any atom is -0.329 e. The quantitative estimate of drug-likeness (QED) is 0.362. The molecule has 0 rings (SSSR count). The third kappa shape index (κ3) is 54.5. The van der Waals surface area contributed by atoms with E-state index in [2.05, 4.69) is 0 Å². The Balaban J connectivity index is -0.0000000133. The van der Waals surface area contributed by atoms with E-state index in [1.807, 2.05) is 6.92 Å². The van der Waals surface area contributed by atoms with Crippen molar-refractivity contribution in [3.05, 3.63) is 0 Å². The molecule has 0 spiro atoms. The summed E-state index contributed by atoms with van der Waals surface area (Å²) in [6.07, 6.45) is 0. The van der Waals surface area contributed by atoms with Crippen LogP contribution in [0.25, 0.3) is 0 Å². The zero-order chi connectivity index (χ0) is 4.28. The SMILES string of the molecule is CC(N)CN.[Al+3].[BH4-].[BH4-].[BH4-]. The molecule has 0 aromatic heterocycles. The molecular weight excluding hydrogens is 123 g/mol. The first-order chi connectivity index (χ1) is 2.27. The second kappa shape index (κ2) is 23.4. The van der Waals surface area contributed by atoms with E-state index in [1.165, 1.54) is 0 Å². The zero-order valence-electron chi connectivity index (χ0n) is 4.02. The molecule has 0 amide bonds. The van der Waals surface area contributed by atoms with Crippen LogP contribution in [-0.2, 0) is 0 Å². The predicted molar refractivity (Wildman–Crippen MR) is 62.5 cm³/mol. The van der Waals surface area contributed by atoms with Crippen molar-refractivity contribution in [3.63, 3.8) is 0 Å². The molecule has 0 bridgehead atoms. The molecule has 0 saturated carbocycles. The molecular formula is C3H22AlB3N2. The van der Waals surface area contributed by atoms with E-state index < -0.39 is 0 Å². The van der Waals surface area contributed by atoms with Gasteiger partial charge in [0.25, 0.3) is 0 Å². The molecule has 0 aliphatic carbocycles. The van der Waals surface area contributed by atoms with Gasteiger partial charge in [0.2, 0.25) is 0 Å². The van der Waals surface area contributed by atoms with Gasteiger partial charge in [-0.2, -0.15) is 0 Å². The Bertz CT molecular complexity index is 31.0. The van der Waals surface area contributed by atoms with Crippen LogP contribution in [-0.4, -0.2) is 55.2 Å². The van der Waals surface area contributed by atoms with Crippen LogP contribution in [0.2, 0.25) is 0 Å². The molecule has 4 N–H and O–H groups in total. The largest absolute Gasteiger partial charge is 3.00 e. The van der Waals surface area contributed by atoms with Crippen molar-refractivity contribution in [1.29, 1.82) is 0 Å². The van der Waals surface area contributed by atoms with E-state index in [0.29, 0.717) is 6.54 Å². The van der Waals surface area contributed by atoms with Gasteiger partial charge in [0.1, 0.15) is 0 Å². The van der Waals surface area contributed by atoms with Crippen molar-refractivity contribution in [3.8, 4) is 0 Å². The maximum Gasteiger partial charge on any atom is 3.00 e. The van der Waals surface area contributed by atoms with Gasteiger partial charge < -0.3 is 11.5 Å². The van der Waals surface area contributed by atoms with Gasteiger partial charge in [-0.25, -0.2) is 0 Å². The fourth-order valence-corrected chi connectivity index (χ4v) is 0. The van der Waals surface area contributed by atoms with Gasteiger partial charge in [0.05, 0.1) is 0 Å². The standard InChI is InChI=1S/C3H10N2.Al.3BH4/c1-3(5)2-4;;;;/h3H,2,4-5H2,1H3;;3*1H4/q;+3;3*-1. The molecule has 9 heavy (non-hydrogen) atoms. The first kappa shape index (κ1) is 33.4. The average Bonchev–Trinajstić information content (AvgIpc) is 1.38. The first-order valence-corrected chi connectivity index (χ1v) is 1.73. The van der Waals surface area contributed by atoms with Gasteiger partial charge in [-0.3, -0.25) is 0 Å². The molecule has 0 fully saturated rings. The Morgan fingerprint density at radius 1 is 1.22 bits per heavy atom. The Kier molecular flexibility index (Phi) is 86.9. The normalized spacial score (nSPS) is 8.33. The van der Waals surface area contributed by atoms with E-state index >= 15 is 0 Å². The zero-order valence-corrected chi connectivity index (χ0v) is 5.17. The van der Waals surface area contributed by atoms with Gasteiger partial charge in [0.15, 0.2) is 0 Å². The number of hydrogen-bond donors (Lipinski definition) is 2. The van der Waals surface area contributed by atoms with Crippen LogP contribution in [0.15, 0.2) is 0 Å². The van der Waals surface area contributed by atoms with Crippen molar-refractivity contribution in [2.75, 3.05) is 6.54 Å². The maximum absolute atomic E-state index is 5.17. The molecule has 0 aliphatic heterocycles. The van der Waals surface area contributed by atoms with Crippen molar-refractivity contribution < 1.29 is 0 Å². The van der Waals surface area contributed by atoms with Gasteiger partial charge in [-0.1, -0.05) is 25.2 Å². The summed E-state index contributed by atoms with van der Waals surface area (Å²) in [5, 5.41) is 0. The van der Waals surface area contributed by atoms with Crippen molar-refractivity contribution in [2.45, 2.75) is 13.0 Å². The first-order valence-electron chi connectivity index (χ1n) is 1.73. The van der Waals surface area contributed by atoms with Gasteiger partial charge in [0, 0.05) is 12.6 Å². The Labute approximate surface area is 74.0 Å². The molecule has 0 radical (unpaired) electrons. The molecule has 2 nitrogen and oxygen atoms in total. The maximum atomic E-state index is 5.17. The second-order valence-corrected chi connectivity index (χ2v) is 1.21. The summed E-state index contributed by atoms with van der Waals surface area (Å²) in [4.78, 5) is 0. The molecule has 1 atom stereocenters. The third-order valence-corrected chi connectivity index (χ3v) is 0.372. The molecule has 6 heteroatoms. The van der Waals surface area contributed by atoms with Gasteiger partial charge in [-0.05, 0) is 6.92 Å². The Morgan fingerprint density at radius 2 is 1.33 bits per heavy atom. The number of nitrogens with two attached hydrogens (primary N) is 2. The van der Waals surface area contributed by atoms with E-state index in [9.17, 15) is 0 Å². The Morgan fingerprint density at radius 3 is 1.33 bits per heavy atom. The average molecular weight is 146 g/mol. The van der Waals surface area contributed by atoms with E-state index in [0.717, 1.165) is 0 Å². The fourth-order valence-electron chi connectivity index (χ4n) is 0. The monoisotopic (exact) mass is 146 g/mol. The van der Waals surface area contributed by atoms with Crippen LogP contribution >= 0.6 is 0 Å². The topological polar surface area (TPSA) is 52.0 Å². The summed E-state index contributed by atoms with van der Waals surface area (Å²) in [7, 11) is 0. The molecule has 0 aromatic rings. The van der Waals surface area contributed by atoms with E-state index in [-0.39, 0.29) is 48.6 Å². The summed E-state index contributed by atoms with van der Waals surface area (Å²) in [5.74, 6) is 0. The van der Waals surface area contributed by atoms with Gasteiger partial charge >= 0.3 is 17.4 Å². The number of rotatable bonds is 1. The molecule has 0 heterocycles. The van der Waals surface area contributed by atoms with Crippen LogP contribution in [0.4, 0.5) is 0 Å². The van der Waals surface area contributed by atoms with Crippen molar-refractivity contribution in [1.82, 2.24) is 0 Å². The summed E-state index contributed by atoms with van der Waals surface area (Å²) >= 11 is 0. The Hall–Kier alpha value is 0.647. The van der Waals surface area contributed by atoms with Crippen molar-refractivity contribution in [2.24, 2.45) is 11.5 Å². The van der Waals surface area contributed by atoms with Crippen LogP contribution < -0.4 is 11.5 Å². The van der Waals surface area contributed by atoms with Crippen LogP contribution in [0.3, 0.4) is 0 Å². The van der Waals surface area contributed by atoms with E-state index in [1.54, 1.807) is 0 Å². The smallest absolute Gasteiger partial charge is 0.329 e. The minimum absolute atomic E-state index is 0. The molecule has 56 valence electrons. The molecule has 0 aliphatic rings. The van der Waals surface area contributed by atoms with Crippen LogP contribution in [0.1, 0.15) is 6.92 Å². The minimum atomic E-state index is 0. The summed E-state index contributed by atoms with van der Waals surface area (Å²) in [5.41, 5.74) is 10.2. The van der Waals surface area contributed by atoms with Gasteiger partial charge in [-0.15, -0.1) is 0 Å². The fraction of sp³-hybridized carbons (Fsp3) is 1.00. The molecule has 1 unspecified atom stereocenters. The third-order valence-electron chi connectivity index (χ3n) is 0.372. The summed E-state index contributed by atoms with van der Waals surface area (Å²) < 4.78 is 0. The number of hydrogen-bond acceptors (Lipinski definition) is 2. The van der Waals surface area contributed by atoms with Crippen molar-refractivity contribution >= 4 is 42.6 Å². The predicted octanol–water partition coefficient (Wildman–Crippen LogP) is -5.44. The summed E-state index contributed by atoms with van der Waals surface area (Å²) in [6, 6.07) is 0.162. The van der Waals surface area contributed by atoms with Crippen LogP contribution in [0.5, 0.6) is 0 Å². The van der Waals surface area contributed by atoms with Crippen LogP contribution in [0, 0.1) is 0 Å². The molecule has 0 saturated heterocycles. The summed E-state index contributed by atoms with van der Waals surface area (Å²) in [6.45, 7) is 2.46. The van der Waals surface area contributed by atoms with E-state index in [4.69, 9.17) is 11.5 Å².